The van der Waals surface area contributed by atoms with E-state index in [4.69, 9.17) is 27.3 Å². The molecule has 0 radical (unpaired) electrons. The Morgan fingerprint density at radius 3 is 1.82 bits per heavy atom. The molecule has 23 N–H and O–H groups in total. The Labute approximate surface area is 562 Å². The fourth-order valence-corrected chi connectivity index (χ4v) is 10.9. The molecule has 1 aliphatic carbocycles. The summed E-state index contributed by atoms with van der Waals surface area (Å²) in [5.74, 6) is -17.4. The standard InChI is InChI=1S/C64H99N15O18/c1-8-33(6)45-59(92)77-46(34(7)81)58(91)70-29-44(83)75-48(51(85)53(66)86)61(94)74-43(30-80)63(96)97-52(37-18-13-10-14-19-37)49(79-57(90)42(28-36-21-23-38(82)24-22-36)72-54(87)39(65)27-35-16-11-9-12-17-35)62(95)78-47(50(84)32(4)5)60(93)73-41(26-31(2)3)56(89)71-40(55(88)76-45)20-15-25-69-64(67)68/h10,13-14,18-19,21-24,31-35,39-43,45-52,80-82,84-85H,8-9,11-12,15-17,20,25-30,65H2,1-7H3,(H2,66,86)(H,70,91)(H,71,89)(H,72,87)(H,73,93)(H,74,94)(H,75,83)(H,76,88)(H,77,92)(H,78,95)(H,79,90)(H4,67,68,69)/t33-,34-,39-,40+,41-,42-,43-,45-,46-,47-,48-,49-,50+,51-,52+/m0/s1. The highest BCUT2D eigenvalue weighted by molar-refractivity contribution is 6.00. The number of hydrogen-bond acceptors (Lipinski definition) is 20. The van der Waals surface area contributed by atoms with Crippen molar-refractivity contribution in [2.75, 3.05) is 19.7 Å². The SMILES string of the molecule is CC[C@H](C)[C@@H]1NC(=O)[C@@H](CCCNC(=N)N)NC(=O)[C@H](CC(C)C)NC(=O)[C@H]([C@H](O)C(C)C)NC(=O)[C@@H](NC(=O)[C@H](Cc2ccc(O)cc2)NC(=O)[C@@H](N)CC2CCCCC2)[C@@H](c2ccccc2)OC(=O)[C@H](CO)NC(=O)[C@H]([C@H](O)C(N)=O)NC(=O)CNC(=O)[C@H]([C@H](C)O)NC1=O. The lowest BCUT2D eigenvalue weighted by Gasteiger charge is -2.33. The zero-order valence-electron chi connectivity index (χ0n) is 55.8. The van der Waals surface area contributed by atoms with E-state index in [0.29, 0.717) is 5.56 Å². The van der Waals surface area contributed by atoms with Gasteiger partial charge in [0.05, 0.1) is 31.4 Å². The Morgan fingerprint density at radius 1 is 0.670 bits per heavy atom. The largest absolute Gasteiger partial charge is 0.508 e. The molecule has 0 spiro atoms. The summed E-state index contributed by atoms with van der Waals surface area (Å²) in [5.41, 5.74) is 17.6. The summed E-state index contributed by atoms with van der Waals surface area (Å²) in [5, 5.41) is 88.9. The molecule has 0 aromatic heterocycles. The molecule has 2 aliphatic rings. The molecule has 15 atom stereocenters. The third-order valence-electron chi connectivity index (χ3n) is 16.7. The van der Waals surface area contributed by atoms with Gasteiger partial charge in [0, 0.05) is 13.0 Å². The van der Waals surface area contributed by atoms with E-state index in [1.807, 2.05) is 10.6 Å². The van der Waals surface area contributed by atoms with Crippen LogP contribution < -0.4 is 75.7 Å². The van der Waals surface area contributed by atoms with E-state index >= 15 is 14.4 Å². The van der Waals surface area contributed by atoms with E-state index in [2.05, 4.69) is 47.9 Å². The number of carbonyl (C=O) groups excluding carboxylic acids is 12. The molecule has 538 valence electrons. The van der Waals surface area contributed by atoms with Crippen LogP contribution in [0.3, 0.4) is 0 Å². The highest BCUT2D eigenvalue weighted by atomic mass is 16.5. The Hall–Kier alpha value is -9.05. The summed E-state index contributed by atoms with van der Waals surface area (Å²) in [6.45, 7) is 8.22. The summed E-state index contributed by atoms with van der Waals surface area (Å²) in [6.07, 6.45) is -3.93. The molecule has 33 nitrogen and oxygen atoms in total. The molecule has 0 unspecified atom stereocenters. The van der Waals surface area contributed by atoms with Gasteiger partial charge in [0.1, 0.15) is 54.1 Å². The first kappa shape index (κ1) is 80.4. The molecule has 1 saturated carbocycles. The summed E-state index contributed by atoms with van der Waals surface area (Å²) in [7, 11) is 0. The number of nitrogens with one attached hydrogen (secondary N) is 12. The van der Waals surface area contributed by atoms with Crippen molar-refractivity contribution in [1.29, 1.82) is 5.41 Å². The maximum atomic E-state index is 15.6. The average Bonchev–Trinajstić information content (AvgIpc) is 0.900. The van der Waals surface area contributed by atoms with Gasteiger partial charge < -0.3 is 106 Å². The lowest BCUT2D eigenvalue weighted by atomic mass is 9.85. The Kier molecular flexibility index (Phi) is 32.5. The van der Waals surface area contributed by atoms with Crippen molar-refractivity contribution in [3.63, 3.8) is 0 Å². The molecule has 1 aliphatic heterocycles. The first-order chi connectivity index (χ1) is 45.8. The molecule has 0 bridgehead atoms. The molecule has 2 aromatic rings. The molecule has 2 aromatic carbocycles. The number of guanidine groups is 1. The van der Waals surface area contributed by atoms with Gasteiger partial charge in [-0.25, -0.2) is 4.79 Å². The van der Waals surface area contributed by atoms with Crippen LogP contribution in [-0.2, 0) is 68.7 Å². The highest BCUT2D eigenvalue weighted by Gasteiger charge is 2.44. The van der Waals surface area contributed by atoms with Gasteiger partial charge in [-0.1, -0.05) is 123 Å². The first-order valence-corrected chi connectivity index (χ1v) is 32.6. The molecule has 11 amide bonds. The van der Waals surface area contributed by atoms with Crippen LogP contribution >= 0.6 is 0 Å². The van der Waals surface area contributed by atoms with Crippen molar-refractivity contribution < 1.29 is 87.8 Å². The zero-order chi connectivity index (χ0) is 72.4. The number of phenols is 1. The van der Waals surface area contributed by atoms with Gasteiger partial charge in [-0.15, -0.1) is 0 Å². The lowest BCUT2D eigenvalue weighted by Crippen LogP contribution is -2.64. The van der Waals surface area contributed by atoms with Crippen LogP contribution in [0, 0.1) is 29.1 Å². The molecule has 2 fully saturated rings. The fourth-order valence-electron chi connectivity index (χ4n) is 10.9. The maximum Gasteiger partial charge on any atom is 0.331 e. The molecule has 97 heavy (non-hydrogen) atoms. The second-order valence-corrected chi connectivity index (χ2v) is 25.4. The van der Waals surface area contributed by atoms with Gasteiger partial charge >= 0.3 is 5.97 Å². The predicted octanol–water partition coefficient (Wildman–Crippen LogP) is -4.40. The van der Waals surface area contributed by atoms with Crippen molar-refractivity contribution in [2.45, 2.75) is 204 Å². The van der Waals surface area contributed by atoms with Gasteiger partial charge in [-0.3, -0.25) is 58.1 Å². The number of rotatable bonds is 23. The first-order valence-electron chi connectivity index (χ1n) is 32.6. The number of phenolic OH excluding ortho intramolecular Hbond substituents is 1. The number of ether oxygens (including phenoxy) is 1. The van der Waals surface area contributed by atoms with Crippen LogP contribution in [0.25, 0.3) is 0 Å². The number of nitrogens with two attached hydrogens (primary N) is 3. The minimum atomic E-state index is -2.60. The number of aliphatic hydroxyl groups excluding tert-OH is 4. The molecule has 1 heterocycles. The number of aromatic hydroxyl groups is 1. The third kappa shape index (κ3) is 25.5. The minimum Gasteiger partial charge on any atom is -0.508 e. The van der Waals surface area contributed by atoms with E-state index in [1.165, 1.54) is 68.4 Å². The van der Waals surface area contributed by atoms with E-state index in [-0.39, 0.29) is 62.3 Å². The number of cyclic esters (lactones) is 1. The van der Waals surface area contributed by atoms with Gasteiger partial charge in [0.25, 0.3) is 0 Å². The van der Waals surface area contributed by atoms with Crippen molar-refractivity contribution >= 4 is 76.9 Å². The molecule has 33 heteroatoms. The van der Waals surface area contributed by atoms with Crippen molar-refractivity contribution in [1.82, 2.24) is 58.5 Å². The van der Waals surface area contributed by atoms with Crippen LogP contribution in [-0.4, -0.2) is 201 Å². The number of aliphatic hydroxyl groups is 4. The number of amides is 11. The van der Waals surface area contributed by atoms with E-state index in [1.54, 1.807) is 27.7 Å². The van der Waals surface area contributed by atoms with Gasteiger partial charge in [0.15, 0.2) is 24.2 Å². The van der Waals surface area contributed by atoms with Crippen LogP contribution in [0.4, 0.5) is 0 Å². The minimum absolute atomic E-state index is 0.00369. The van der Waals surface area contributed by atoms with Crippen LogP contribution in [0.1, 0.15) is 130 Å². The third-order valence-corrected chi connectivity index (χ3v) is 16.7. The van der Waals surface area contributed by atoms with Gasteiger partial charge in [0.2, 0.25) is 65.0 Å². The van der Waals surface area contributed by atoms with Gasteiger partial charge in [-0.05, 0) is 79.5 Å². The Bertz CT molecular complexity index is 3030. The van der Waals surface area contributed by atoms with Crippen LogP contribution in [0.15, 0.2) is 54.6 Å². The summed E-state index contributed by atoms with van der Waals surface area (Å²) >= 11 is 0. The number of carbonyl (C=O) groups is 12. The average molecular weight is 1370 g/mol. The predicted molar refractivity (Wildman–Crippen MR) is 350 cm³/mol. The van der Waals surface area contributed by atoms with Crippen molar-refractivity contribution in [3.05, 3.63) is 65.7 Å². The normalized spacial score (nSPS) is 24.8. The Morgan fingerprint density at radius 2 is 1.25 bits per heavy atom. The summed E-state index contributed by atoms with van der Waals surface area (Å²) in [6, 6.07) is -5.74. The monoisotopic (exact) mass is 1370 g/mol. The second-order valence-electron chi connectivity index (χ2n) is 25.4. The topological polar surface area (TPSA) is 549 Å². The highest BCUT2D eigenvalue weighted by Crippen LogP contribution is 2.28. The molecule has 4 rings (SSSR count). The lowest BCUT2D eigenvalue weighted by molar-refractivity contribution is -0.159. The quantitative estimate of drug-likeness (QED) is 0.0216. The van der Waals surface area contributed by atoms with Crippen molar-refractivity contribution in [3.8, 4) is 5.75 Å². The maximum absolute atomic E-state index is 15.6. The molecular formula is C64H99N15O18. The summed E-state index contributed by atoms with van der Waals surface area (Å²) < 4.78 is 5.98. The van der Waals surface area contributed by atoms with E-state index in [0.717, 1.165) is 39.0 Å². The van der Waals surface area contributed by atoms with Gasteiger partial charge in [-0.2, -0.15) is 0 Å². The molecule has 1 saturated heterocycles. The van der Waals surface area contributed by atoms with Crippen LogP contribution in [0.2, 0.25) is 0 Å². The smallest absolute Gasteiger partial charge is 0.331 e. The fraction of sp³-hybridized carbons (Fsp3) is 0.609. The number of esters is 1. The summed E-state index contributed by atoms with van der Waals surface area (Å²) in [4.78, 5) is 172. The van der Waals surface area contributed by atoms with Crippen molar-refractivity contribution in [2.24, 2.45) is 40.9 Å². The number of hydrogen-bond donors (Lipinski definition) is 20. The van der Waals surface area contributed by atoms with Crippen LogP contribution in [0.5, 0.6) is 5.75 Å². The number of benzene rings is 2. The zero-order valence-corrected chi connectivity index (χ0v) is 55.8. The van der Waals surface area contributed by atoms with E-state index in [9.17, 15) is 68.7 Å². The second kappa shape index (κ2) is 39.2. The number of primary amides is 1. The molecular weight excluding hydrogens is 1270 g/mol. The van der Waals surface area contributed by atoms with E-state index < -0.39 is 193 Å². The Balaban J connectivity index is 2.00.